The zero-order valence-electron chi connectivity index (χ0n) is 17.3. The van der Waals surface area contributed by atoms with Crippen LogP contribution in [0.25, 0.3) is 0 Å². The predicted octanol–water partition coefficient (Wildman–Crippen LogP) is 1.43. The maximum absolute atomic E-state index is 11.9. The molecule has 0 aromatic heterocycles. The number of aliphatic hydroxyl groups is 1. The molecule has 0 unspecified atom stereocenters. The number of carbonyl (C=O) groups excluding carboxylic acids is 1. The second kappa shape index (κ2) is 7.75. The molecule has 3 heterocycles. The molecule has 3 aliphatic rings. The molecule has 6 nitrogen and oxygen atoms in total. The van der Waals surface area contributed by atoms with Gasteiger partial charge < -0.3 is 9.84 Å². The Morgan fingerprint density at radius 2 is 2.00 bits per heavy atom. The summed E-state index contributed by atoms with van der Waals surface area (Å²) in [5.41, 5.74) is 1.91. The lowest BCUT2D eigenvalue weighted by atomic mass is 9.83. The lowest BCUT2D eigenvalue weighted by Crippen LogP contribution is -2.78. The highest BCUT2D eigenvalue weighted by Crippen LogP contribution is 2.39. The molecule has 2 atom stereocenters. The van der Waals surface area contributed by atoms with Gasteiger partial charge in [0.2, 0.25) is 0 Å². The lowest BCUT2D eigenvalue weighted by molar-refractivity contribution is -0.117. The molecule has 3 saturated heterocycles. The van der Waals surface area contributed by atoms with Gasteiger partial charge >= 0.3 is 5.97 Å². The van der Waals surface area contributed by atoms with Crippen molar-refractivity contribution in [2.75, 3.05) is 46.4 Å². The normalized spacial score (nSPS) is 27.8. The Morgan fingerprint density at radius 3 is 2.71 bits per heavy atom. The van der Waals surface area contributed by atoms with Gasteiger partial charge in [-0.05, 0) is 30.0 Å². The molecule has 0 bridgehead atoms. The van der Waals surface area contributed by atoms with E-state index in [0.717, 1.165) is 57.8 Å². The van der Waals surface area contributed by atoms with Crippen LogP contribution in [0.2, 0.25) is 0 Å². The molecule has 1 aromatic carbocycles. The number of hydrogen-bond donors (Lipinski definition) is 1. The number of likely N-dealkylation sites (tertiary alicyclic amines) is 1. The van der Waals surface area contributed by atoms with Crippen LogP contribution in [0.1, 0.15) is 36.2 Å². The fourth-order valence-electron chi connectivity index (χ4n) is 5.52. The Balaban J connectivity index is 1.48. The van der Waals surface area contributed by atoms with E-state index in [1.807, 2.05) is 12.1 Å². The second-order valence-corrected chi connectivity index (χ2v) is 9.35. The van der Waals surface area contributed by atoms with E-state index >= 15 is 0 Å². The molecule has 6 heteroatoms. The predicted molar refractivity (Wildman–Crippen MR) is 108 cm³/mol. The summed E-state index contributed by atoms with van der Waals surface area (Å²) in [6.07, 6.45) is 0.661. The standard InChI is InChI=1S/C22H33N3O3/c1-16(2)9-24-14-22(15-24)13-23(11-19-8-20(26)12-25(19)22)10-17-5-4-6-18(7-17)21(27)28-3/h4-7,16,19-20,26H,8-15H2,1-3H3/t19-,20-/m1/s1. The number of rotatable bonds is 5. The summed E-state index contributed by atoms with van der Waals surface area (Å²) >= 11 is 0. The number of ether oxygens (including phenoxy) is 1. The lowest BCUT2D eigenvalue weighted by Gasteiger charge is -2.61. The molecule has 0 amide bonds. The van der Waals surface area contributed by atoms with Gasteiger partial charge in [0.1, 0.15) is 0 Å². The number of carbonyl (C=O) groups is 1. The minimum atomic E-state index is -0.287. The number of fused-ring (bicyclic) bond motifs is 2. The molecular weight excluding hydrogens is 354 g/mol. The number of esters is 1. The van der Waals surface area contributed by atoms with E-state index in [4.69, 9.17) is 4.74 Å². The van der Waals surface area contributed by atoms with Gasteiger partial charge in [-0.15, -0.1) is 0 Å². The zero-order valence-corrected chi connectivity index (χ0v) is 17.3. The van der Waals surface area contributed by atoms with Gasteiger partial charge in [0.15, 0.2) is 0 Å². The van der Waals surface area contributed by atoms with Crippen molar-refractivity contribution < 1.29 is 14.6 Å². The molecule has 0 saturated carbocycles. The molecule has 1 N–H and O–H groups in total. The van der Waals surface area contributed by atoms with Gasteiger partial charge in [0.25, 0.3) is 0 Å². The number of hydrogen-bond acceptors (Lipinski definition) is 6. The van der Waals surface area contributed by atoms with Crippen LogP contribution in [-0.2, 0) is 11.3 Å². The minimum absolute atomic E-state index is 0.162. The van der Waals surface area contributed by atoms with Gasteiger partial charge in [-0.1, -0.05) is 26.0 Å². The van der Waals surface area contributed by atoms with Crippen LogP contribution in [0, 0.1) is 5.92 Å². The Kier molecular flexibility index (Phi) is 5.49. The first-order chi connectivity index (χ1) is 13.4. The third-order valence-corrected chi connectivity index (χ3v) is 6.40. The summed E-state index contributed by atoms with van der Waals surface area (Å²) in [6.45, 7) is 11.5. The highest BCUT2D eigenvalue weighted by molar-refractivity contribution is 5.89. The minimum Gasteiger partial charge on any atom is -0.465 e. The first-order valence-corrected chi connectivity index (χ1v) is 10.5. The Hall–Kier alpha value is -1.47. The SMILES string of the molecule is COC(=O)c1cccc(CN2C[C@H]3C[C@@H](O)CN3C3(C2)CN(CC(C)C)C3)c1. The third-order valence-electron chi connectivity index (χ3n) is 6.40. The van der Waals surface area contributed by atoms with Gasteiger partial charge in [0.05, 0.1) is 24.3 Å². The van der Waals surface area contributed by atoms with Gasteiger partial charge in [-0.25, -0.2) is 4.79 Å². The number of aliphatic hydroxyl groups excluding tert-OH is 1. The topological polar surface area (TPSA) is 56.2 Å². The molecule has 3 fully saturated rings. The maximum atomic E-state index is 11.9. The highest BCUT2D eigenvalue weighted by Gasteiger charge is 2.55. The molecule has 0 aliphatic carbocycles. The van der Waals surface area contributed by atoms with Gasteiger partial charge in [0, 0.05) is 51.9 Å². The van der Waals surface area contributed by atoms with Gasteiger partial charge in [-0.2, -0.15) is 0 Å². The zero-order chi connectivity index (χ0) is 19.9. The number of benzene rings is 1. The molecule has 1 spiro atoms. The van der Waals surface area contributed by atoms with E-state index in [1.165, 1.54) is 7.11 Å². The summed E-state index contributed by atoms with van der Waals surface area (Å²) in [4.78, 5) is 19.5. The average Bonchev–Trinajstić information content (AvgIpc) is 3.00. The molecule has 154 valence electrons. The summed E-state index contributed by atoms with van der Waals surface area (Å²) in [5.74, 6) is 0.392. The van der Waals surface area contributed by atoms with Crippen molar-refractivity contribution in [2.24, 2.45) is 5.92 Å². The van der Waals surface area contributed by atoms with Crippen LogP contribution < -0.4 is 0 Å². The molecular formula is C22H33N3O3. The maximum Gasteiger partial charge on any atom is 0.337 e. The first-order valence-electron chi connectivity index (χ1n) is 10.5. The van der Waals surface area contributed by atoms with Crippen molar-refractivity contribution in [3.8, 4) is 0 Å². The molecule has 4 rings (SSSR count). The van der Waals surface area contributed by atoms with E-state index in [9.17, 15) is 9.90 Å². The molecule has 3 aliphatic heterocycles. The van der Waals surface area contributed by atoms with Crippen molar-refractivity contribution in [1.82, 2.24) is 14.7 Å². The van der Waals surface area contributed by atoms with E-state index < -0.39 is 0 Å². The fourth-order valence-corrected chi connectivity index (χ4v) is 5.52. The number of methoxy groups -OCH3 is 1. The van der Waals surface area contributed by atoms with Crippen LogP contribution in [0.15, 0.2) is 24.3 Å². The summed E-state index contributed by atoms with van der Waals surface area (Å²) in [5, 5.41) is 10.3. The molecule has 28 heavy (non-hydrogen) atoms. The monoisotopic (exact) mass is 387 g/mol. The molecule has 0 radical (unpaired) electrons. The second-order valence-electron chi connectivity index (χ2n) is 9.35. The molecule has 1 aromatic rings. The largest absolute Gasteiger partial charge is 0.465 e. The van der Waals surface area contributed by atoms with Crippen LogP contribution in [0.5, 0.6) is 0 Å². The number of nitrogens with zero attached hydrogens (tertiary/aromatic N) is 3. The Bertz CT molecular complexity index is 717. The van der Waals surface area contributed by atoms with E-state index in [0.29, 0.717) is 17.5 Å². The Labute approximate surface area is 168 Å². The van der Waals surface area contributed by atoms with Crippen LogP contribution in [0.4, 0.5) is 0 Å². The van der Waals surface area contributed by atoms with Crippen LogP contribution in [0.3, 0.4) is 0 Å². The van der Waals surface area contributed by atoms with Crippen molar-refractivity contribution in [2.45, 2.75) is 44.5 Å². The fraction of sp³-hybridized carbons (Fsp3) is 0.682. The van der Waals surface area contributed by atoms with Crippen molar-refractivity contribution >= 4 is 5.97 Å². The third kappa shape index (κ3) is 3.83. The van der Waals surface area contributed by atoms with E-state index in [-0.39, 0.29) is 17.6 Å². The average molecular weight is 388 g/mol. The summed E-state index contributed by atoms with van der Waals surface area (Å²) < 4.78 is 4.86. The number of piperazine rings is 1. The van der Waals surface area contributed by atoms with Gasteiger partial charge in [-0.3, -0.25) is 14.7 Å². The first kappa shape index (κ1) is 19.8. The van der Waals surface area contributed by atoms with Crippen molar-refractivity contribution in [1.29, 1.82) is 0 Å². The number of β-amino-alcohol motifs (C(OH)–C–C–N with tert-alkyl or cyclic N) is 1. The van der Waals surface area contributed by atoms with Crippen molar-refractivity contribution in [3.63, 3.8) is 0 Å². The van der Waals surface area contributed by atoms with Crippen molar-refractivity contribution in [3.05, 3.63) is 35.4 Å². The van der Waals surface area contributed by atoms with Crippen LogP contribution in [-0.4, -0.2) is 89.8 Å². The van der Waals surface area contributed by atoms with E-state index in [1.54, 1.807) is 6.07 Å². The van der Waals surface area contributed by atoms with Crippen LogP contribution >= 0.6 is 0 Å². The Morgan fingerprint density at radius 1 is 1.25 bits per heavy atom. The quantitative estimate of drug-likeness (QED) is 0.772. The van der Waals surface area contributed by atoms with E-state index in [2.05, 4.69) is 34.6 Å². The summed E-state index contributed by atoms with van der Waals surface area (Å²) in [6, 6.07) is 8.19. The highest BCUT2D eigenvalue weighted by atomic mass is 16.5. The smallest absolute Gasteiger partial charge is 0.337 e. The summed E-state index contributed by atoms with van der Waals surface area (Å²) in [7, 11) is 1.42.